The maximum atomic E-state index is 12.5. The van der Waals surface area contributed by atoms with E-state index < -0.39 is 24.7 Å². The van der Waals surface area contributed by atoms with Crippen LogP contribution in [-0.2, 0) is 15.9 Å². The Bertz CT molecular complexity index is 364. The van der Waals surface area contributed by atoms with Crippen molar-refractivity contribution in [2.45, 2.75) is 38.0 Å². The van der Waals surface area contributed by atoms with Crippen LogP contribution in [0.5, 0.6) is 0 Å². The number of rotatable bonds is 2. The third-order valence-corrected chi connectivity index (χ3v) is 2.66. The molecule has 94 valence electrons. The predicted molar refractivity (Wildman–Crippen MR) is 55.4 cm³/mol. The van der Waals surface area contributed by atoms with Gasteiger partial charge in [0.05, 0.1) is 6.10 Å². The molecule has 0 N–H and O–H groups in total. The van der Waals surface area contributed by atoms with Crippen LogP contribution in [0.1, 0.15) is 12.5 Å². The summed E-state index contributed by atoms with van der Waals surface area (Å²) in [6, 6.07) is 9.17. The lowest BCUT2D eigenvalue weighted by molar-refractivity contribution is -0.217. The number of alkyl halides is 3. The maximum absolute atomic E-state index is 12.5. The first-order valence-corrected chi connectivity index (χ1v) is 5.38. The smallest absolute Gasteiger partial charge is 0.346 e. The molecule has 1 aromatic carbocycles. The van der Waals surface area contributed by atoms with Gasteiger partial charge in [-0.15, -0.1) is 0 Å². The maximum Gasteiger partial charge on any atom is 0.417 e. The van der Waals surface area contributed by atoms with E-state index in [-0.39, 0.29) is 0 Å². The number of benzene rings is 1. The quantitative estimate of drug-likeness (QED) is 0.798. The van der Waals surface area contributed by atoms with Gasteiger partial charge in [-0.3, -0.25) is 0 Å². The fourth-order valence-corrected chi connectivity index (χ4v) is 1.86. The molecule has 0 spiro atoms. The van der Waals surface area contributed by atoms with E-state index >= 15 is 0 Å². The van der Waals surface area contributed by atoms with Crippen LogP contribution in [0.15, 0.2) is 30.3 Å². The Morgan fingerprint density at radius 3 is 2.29 bits per heavy atom. The molecule has 0 aromatic heterocycles. The number of halogens is 3. The zero-order valence-electron chi connectivity index (χ0n) is 9.28. The topological polar surface area (TPSA) is 18.5 Å². The SMILES string of the molecule is C[C@@H]1O[C@H](Cc2ccccc2)O[C@@H]1C(F)(F)F. The molecular formula is C12H13F3O2. The van der Waals surface area contributed by atoms with Crippen LogP contribution in [0.4, 0.5) is 13.2 Å². The van der Waals surface area contributed by atoms with Crippen molar-refractivity contribution in [3.63, 3.8) is 0 Å². The molecule has 0 bridgehead atoms. The molecule has 2 nitrogen and oxygen atoms in total. The summed E-state index contributed by atoms with van der Waals surface area (Å²) in [6.45, 7) is 1.38. The van der Waals surface area contributed by atoms with Gasteiger partial charge in [-0.05, 0) is 12.5 Å². The van der Waals surface area contributed by atoms with Crippen LogP contribution < -0.4 is 0 Å². The molecule has 3 atom stereocenters. The van der Waals surface area contributed by atoms with E-state index in [1.165, 1.54) is 6.92 Å². The Hall–Kier alpha value is -1.07. The van der Waals surface area contributed by atoms with Crippen molar-refractivity contribution in [1.29, 1.82) is 0 Å². The first kappa shape index (κ1) is 12.4. The van der Waals surface area contributed by atoms with Gasteiger partial charge in [0.15, 0.2) is 12.4 Å². The molecule has 0 saturated carbocycles. The highest BCUT2D eigenvalue weighted by molar-refractivity contribution is 5.15. The van der Waals surface area contributed by atoms with E-state index in [1.807, 2.05) is 30.3 Å². The molecule has 5 heteroatoms. The second kappa shape index (κ2) is 4.66. The molecule has 1 aliphatic heterocycles. The molecular weight excluding hydrogens is 233 g/mol. The third-order valence-electron chi connectivity index (χ3n) is 2.66. The van der Waals surface area contributed by atoms with Crippen LogP contribution in [0.25, 0.3) is 0 Å². The van der Waals surface area contributed by atoms with Crippen molar-refractivity contribution in [3.8, 4) is 0 Å². The fraction of sp³-hybridized carbons (Fsp3) is 0.500. The highest BCUT2D eigenvalue weighted by Crippen LogP contribution is 2.33. The van der Waals surface area contributed by atoms with E-state index in [0.29, 0.717) is 6.42 Å². The van der Waals surface area contributed by atoms with Crippen molar-refractivity contribution in [2.24, 2.45) is 0 Å². The Morgan fingerprint density at radius 1 is 1.12 bits per heavy atom. The van der Waals surface area contributed by atoms with Crippen LogP contribution in [0.3, 0.4) is 0 Å². The van der Waals surface area contributed by atoms with E-state index in [4.69, 9.17) is 9.47 Å². The van der Waals surface area contributed by atoms with Crippen LogP contribution in [-0.4, -0.2) is 24.7 Å². The van der Waals surface area contributed by atoms with E-state index in [2.05, 4.69) is 0 Å². The Balaban J connectivity index is 1.98. The summed E-state index contributed by atoms with van der Waals surface area (Å²) in [5, 5.41) is 0. The zero-order chi connectivity index (χ0) is 12.5. The van der Waals surface area contributed by atoms with Gasteiger partial charge < -0.3 is 9.47 Å². The van der Waals surface area contributed by atoms with E-state index in [1.54, 1.807) is 0 Å². The molecule has 1 fully saturated rings. The summed E-state index contributed by atoms with van der Waals surface area (Å²) < 4.78 is 47.6. The molecule has 0 amide bonds. The summed E-state index contributed by atoms with van der Waals surface area (Å²) in [4.78, 5) is 0. The van der Waals surface area contributed by atoms with Crippen molar-refractivity contribution in [3.05, 3.63) is 35.9 Å². The second-order valence-electron chi connectivity index (χ2n) is 4.06. The van der Waals surface area contributed by atoms with Crippen molar-refractivity contribution < 1.29 is 22.6 Å². The number of hydrogen-bond acceptors (Lipinski definition) is 2. The van der Waals surface area contributed by atoms with Gasteiger partial charge in [-0.1, -0.05) is 30.3 Å². The standard InChI is InChI=1S/C12H13F3O2/c1-8-11(12(13,14)15)17-10(16-8)7-9-5-3-2-4-6-9/h2-6,8,10-11H,7H2,1H3/t8-,10-,11-/m0/s1. The van der Waals surface area contributed by atoms with Crippen LogP contribution in [0, 0.1) is 0 Å². The van der Waals surface area contributed by atoms with Crippen LogP contribution >= 0.6 is 0 Å². The van der Waals surface area contributed by atoms with Crippen molar-refractivity contribution >= 4 is 0 Å². The van der Waals surface area contributed by atoms with Crippen molar-refractivity contribution in [2.75, 3.05) is 0 Å². The minimum absolute atomic E-state index is 0.331. The Labute approximate surface area is 97.3 Å². The molecule has 0 radical (unpaired) electrons. The number of ether oxygens (including phenoxy) is 2. The fourth-order valence-electron chi connectivity index (χ4n) is 1.86. The van der Waals surface area contributed by atoms with Crippen LogP contribution in [0.2, 0.25) is 0 Å². The molecule has 1 saturated heterocycles. The van der Waals surface area contributed by atoms with Gasteiger partial charge in [-0.25, -0.2) is 0 Å². The number of hydrogen-bond donors (Lipinski definition) is 0. The van der Waals surface area contributed by atoms with Gasteiger partial charge in [0.25, 0.3) is 0 Å². The molecule has 1 aliphatic rings. The van der Waals surface area contributed by atoms with Gasteiger partial charge >= 0.3 is 6.18 Å². The summed E-state index contributed by atoms with van der Waals surface area (Å²) in [7, 11) is 0. The zero-order valence-corrected chi connectivity index (χ0v) is 9.28. The summed E-state index contributed by atoms with van der Waals surface area (Å²) >= 11 is 0. The average Bonchev–Trinajstić information content (AvgIpc) is 2.60. The first-order valence-electron chi connectivity index (χ1n) is 5.38. The van der Waals surface area contributed by atoms with Gasteiger partial charge in [0.1, 0.15) is 0 Å². The first-order chi connectivity index (χ1) is 7.97. The van der Waals surface area contributed by atoms with Gasteiger partial charge in [0.2, 0.25) is 0 Å². The molecule has 1 aromatic rings. The average molecular weight is 246 g/mol. The molecule has 17 heavy (non-hydrogen) atoms. The summed E-state index contributed by atoms with van der Waals surface area (Å²) in [6.07, 6.45) is -7.64. The van der Waals surface area contributed by atoms with Gasteiger partial charge in [-0.2, -0.15) is 13.2 Å². The largest absolute Gasteiger partial charge is 0.417 e. The molecule has 2 rings (SSSR count). The third kappa shape index (κ3) is 2.98. The predicted octanol–water partition coefficient (Wildman–Crippen LogP) is 2.92. The van der Waals surface area contributed by atoms with Crippen molar-refractivity contribution in [1.82, 2.24) is 0 Å². The lowest BCUT2D eigenvalue weighted by atomic mass is 10.1. The Kier molecular flexibility index (Phi) is 3.40. The monoisotopic (exact) mass is 246 g/mol. The minimum Gasteiger partial charge on any atom is -0.346 e. The summed E-state index contributed by atoms with van der Waals surface area (Å²) in [5.41, 5.74) is 0.896. The lowest BCUT2D eigenvalue weighted by Gasteiger charge is -2.16. The van der Waals surface area contributed by atoms with Gasteiger partial charge in [0, 0.05) is 6.42 Å². The molecule has 0 aliphatic carbocycles. The molecule has 1 heterocycles. The lowest BCUT2D eigenvalue weighted by Crippen LogP contribution is -2.35. The highest BCUT2D eigenvalue weighted by Gasteiger charge is 2.50. The highest BCUT2D eigenvalue weighted by atomic mass is 19.4. The van der Waals surface area contributed by atoms with E-state index in [9.17, 15) is 13.2 Å². The minimum atomic E-state index is -4.37. The summed E-state index contributed by atoms with van der Waals surface area (Å²) in [5.74, 6) is 0. The second-order valence-corrected chi connectivity index (χ2v) is 4.06. The Morgan fingerprint density at radius 2 is 1.76 bits per heavy atom. The van der Waals surface area contributed by atoms with E-state index in [0.717, 1.165) is 5.56 Å². The molecule has 0 unspecified atom stereocenters. The normalized spacial score (nSPS) is 29.5.